The summed E-state index contributed by atoms with van der Waals surface area (Å²) in [4.78, 5) is 5.04. The molecule has 2 atom stereocenters. The van der Waals surface area contributed by atoms with E-state index in [4.69, 9.17) is 4.74 Å². The summed E-state index contributed by atoms with van der Waals surface area (Å²) in [6, 6.07) is 11.3. The van der Waals surface area contributed by atoms with E-state index in [0.717, 1.165) is 10.5 Å². The van der Waals surface area contributed by atoms with E-state index in [1.165, 1.54) is 0 Å². The highest BCUT2D eigenvalue weighted by Crippen LogP contribution is 2.54. The lowest BCUT2D eigenvalue weighted by molar-refractivity contribution is -0.117. The lowest BCUT2D eigenvalue weighted by Gasteiger charge is -2.49. The van der Waals surface area contributed by atoms with Crippen LogP contribution in [0.1, 0.15) is 37.1 Å². The van der Waals surface area contributed by atoms with Crippen molar-refractivity contribution >= 4 is 11.8 Å². The molecule has 0 saturated heterocycles. The summed E-state index contributed by atoms with van der Waals surface area (Å²) in [5.41, 5.74) is -0.459. The topological polar surface area (TPSA) is 66.1 Å². The number of nitrogens with zero attached hydrogens (tertiary/aromatic N) is 2. The SMILES string of the molecule is CC1(C)Oc2ccc(C#N)cc2C(Sc2ccncc2)C1(C)O. The Labute approximate surface area is 140 Å². The minimum absolute atomic E-state index is 0.253. The van der Waals surface area contributed by atoms with Crippen molar-refractivity contribution in [1.29, 1.82) is 5.26 Å². The number of ether oxygens (including phenoxy) is 1. The molecule has 1 aliphatic heterocycles. The Hall–Kier alpha value is -2.03. The lowest BCUT2D eigenvalue weighted by Crippen LogP contribution is -2.57. The molecule has 5 heteroatoms. The Morgan fingerprint density at radius 1 is 1.22 bits per heavy atom. The lowest BCUT2D eigenvalue weighted by atomic mass is 9.79. The Kier molecular flexibility index (Phi) is 3.83. The zero-order valence-corrected chi connectivity index (χ0v) is 14.1. The van der Waals surface area contributed by atoms with Crippen LogP contribution in [0.3, 0.4) is 0 Å². The molecule has 23 heavy (non-hydrogen) atoms. The smallest absolute Gasteiger partial charge is 0.133 e. The van der Waals surface area contributed by atoms with Crippen LogP contribution < -0.4 is 4.74 Å². The summed E-state index contributed by atoms with van der Waals surface area (Å²) in [5.74, 6) is 0.715. The summed E-state index contributed by atoms with van der Waals surface area (Å²) in [5, 5.41) is 20.1. The van der Waals surface area contributed by atoms with E-state index in [1.807, 2.05) is 32.0 Å². The predicted molar refractivity (Wildman–Crippen MR) is 89.3 cm³/mol. The van der Waals surface area contributed by atoms with Gasteiger partial charge in [0, 0.05) is 22.9 Å². The number of hydrogen-bond donors (Lipinski definition) is 1. The molecule has 4 nitrogen and oxygen atoms in total. The first-order chi connectivity index (χ1) is 10.8. The highest BCUT2D eigenvalue weighted by molar-refractivity contribution is 7.99. The van der Waals surface area contributed by atoms with Crippen LogP contribution in [-0.4, -0.2) is 21.3 Å². The van der Waals surface area contributed by atoms with Gasteiger partial charge in [-0.3, -0.25) is 4.98 Å². The molecule has 2 aromatic rings. The summed E-state index contributed by atoms with van der Waals surface area (Å²) >= 11 is 1.56. The number of pyridine rings is 1. The van der Waals surface area contributed by atoms with Crippen LogP contribution in [0.25, 0.3) is 0 Å². The van der Waals surface area contributed by atoms with Gasteiger partial charge >= 0.3 is 0 Å². The number of fused-ring (bicyclic) bond motifs is 1. The third-order valence-corrected chi connectivity index (χ3v) is 5.91. The molecule has 0 bridgehead atoms. The standard InChI is InChI=1S/C18H18N2O2S/c1-17(2)18(3,21)16(23-13-6-8-20-9-7-13)14-10-12(11-19)4-5-15(14)22-17/h4-10,16,21H,1-3H3. The quantitative estimate of drug-likeness (QED) is 0.911. The molecule has 1 aromatic heterocycles. The Morgan fingerprint density at radius 3 is 2.57 bits per heavy atom. The van der Waals surface area contributed by atoms with Crippen LogP contribution in [0.15, 0.2) is 47.6 Å². The molecule has 3 rings (SSSR count). The zero-order chi connectivity index (χ0) is 16.7. The van der Waals surface area contributed by atoms with Crippen molar-refractivity contribution in [2.24, 2.45) is 0 Å². The van der Waals surface area contributed by atoms with Crippen LogP contribution in [0.4, 0.5) is 0 Å². The number of nitriles is 1. The van der Waals surface area contributed by atoms with Gasteiger partial charge in [-0.1, -0.05) is 0 Å². The molecule has 0 radical (unpaired) electrons. The maximum absolute atomic E-state index is 11.2. The monoisotopic (exact) mass is 326 g/mol. The first-order valence-corrected chi connectivity index (χ1v) is 8.25. The maximum atomic E-state index is 11.2. The Balaban J connectivity index is 2.12. The van der Waals surface area contributed by atoms with Crippen molar-refractivity contribution < 1.29 is 9.84 Å². The minimum atomic E-state index is -1.11. The summed E-state index contributed by atoms with van der Waals surface area (Å²) < 4.78 is 6.02. The average Bonchev–Trinajstić information content (AvgIpc) is 2.52. The van der Waals surface area contributed by atoms with E-state index in [9.17, 15) is 10.4 Å². The van der Waals surface area contributed by atoms with Crippen LogP contribution in [0.5, 0.6) is 5.75 Å². The predicted octanol–water partition coefficient (Wildman–Crippen LogP) is 3.71. The highest BCUT2D eigenvalue weighted by atomic mass is 32.2. The summed E-state index contributed by atoms with van der Waals surface area (Å²) in [7, 11) is 0. The van der Waals surface area contributed by atoms with Crippen molar-refractivity contribution in [2.45, 2.75) is 42.1 Å². The Morgan fingerprint density at radius 2 is 1.91 bits per heavy atom. The van der Waals surface area contributed by atoms with Gasteiger partial charge in [0.15, 0.2) is 0 Å². The third-order valence-electron chi connectivity index (χ3n) is 4.42. The maximum Gasteiger partial charge on any atom is 0.133 e. The van der Waals surface area contributed by atoms with E-state index in [0.29, 0.717) is 11.3 Å². The van der Waals surface area contributed by atoms with E-state index >= 15 is 0 Å². The molecule has 0 saturated carbocycles. The van der Waals surface area contributed by atoms with E-state index in [2.05, 4.69) is 11.1 Å². The number of rotatable bonds is 2. The van der Waals surface area contributed by atoms with Crippen molar-refractivity contribution in [1.82, 2.24) is 4.98 Å². The number of aliphatic hydroxyl groups is 1. The molecule has 0 spiro atoms. The van der Waals surface area contributed by atoms with Gasteiger partial charge in [0.1, 0.15) is 17.0 Å². The summed E-state index contributed by atoms with van der Waals surface area (Å²) in [6.07, 6.45) is 3.46. The second kappa shape index (κ2) is 5.55. The molecule has 0 amide bonds. The van der Waals surface area contributed by atoms with Crippen molar-refractivity contribution in [3.05, 3.63) is 53.9 Å². The molecule has 1 N–H and O–H groups in total. The molecule has 2 unspecified atom stereocenters. The van der Waals surface area contributed by atoms with Gasteiger partial charge in [-0.05, 0) is 51.1 Å². The van der Waals surface area contributed by atoms with Gasteiger partial charge in [-0.15, -0.1) is 11.8 Å². The average molecular weight is 326 g/mol. The molecule has 0 fully saturated rings. The zero-order valence-electron chi connectivity index (χ0n) is 13.3. The van der Waals surface area contributed by atoms with E-state index in [1.54, 1.807) is 43.2 Å². The Bertz CT molecular complexity index is 766. The van der Waals surface area contributed by atoms with Crippen LogP contribution in [0.2, 0.25) is 0 Å². The van der Waals surface area contributed by atoms with Crippen LogP contribution >= 0.6 is 11.8 Å². The van der Waals surface area contributed by atoms with Gasteiger partial charge in [0.05, 0.1) is 16.9 Å². The molecular weight excluding hydrogens is 308 g/mol. The second-order valence-electron chi connectivity index (χ2n) is 6.31. The molecule has 0 aliphatic carbocycles. The van der Waals surface area contributed by atoms with E-state index in [-0.39, 0.29) is 5.25 Å². The number of aromatic nitrogens is 1. The van der Waals surface area contributed by atoms with Crippen molar-refractivity contribution in [3.8, 4) is 11.8 Å². The fourth-order valence-electron chi connectivity index (χ4n) is 2.64. The number of hydrogen-bond acceptors (Lipinski definition) is 5. The second-order valence-corrected chi connectivity index (χ2v) is 7.48. The summed E-state index contributed by atoms with van der Waals surface area (Å²) in [6.45, 7) is 5.55. The molecular formula is C18H18N2O2S. The highest BCUT2D eigenvalue weighted by Gasteiger charge is 2.53. The molecule has 1 aliphatic rings. The molecule has 118 valence electrons. The fourth-order valence-corrected chi connectivity index (χ4v) is 4.02. The van der Waals surface area contributed by atoms with Gasteiger partial charge in [-0.2, -0.15) is 5.26 Å². The molecule has 2 heterocycles. The van der Waals surface area contributed by atoms with Gasteiger partial charge in [0.25, 0.3) is 0 Å². The first-order valence-electron chi connectivity index (χ1n) is 7.37. The largest absolute Gasteiger partial charge is 0.484 e. The third kappa shape index (κ3) is 2.69. The van der Waals surface area contributed by atoms with Crippen LogP contribution in [0, 0.1) is 11.3 Å². The molecule has 1 aromatic carbocycles. The minimum Gasteiger partial charge on any atom is -0.484 e. The fraction of sp³-hybridized carbons (Fsp3) is 0.333. The number of thioether (sulfide) groups is 1. The van der Waals surface area contributed by atoms with Gasteiger partial charge in [0.2, 0.25) is 0 Å². The van der Waals surface area contributed by atoms with Gasteiger partial charge in [-0.25, -0.2) is 0 Å². The van der Waals surface area contributed by atoms with Crippen molar-refractivity contribution in [3.63, 3.8) is 0 Å². The normalized spacial score (nSPS) is 25.1. The first kappa shape index (κ1) is 15.9. The van der Waals surface area contributed by atoms with Crippen molar-refractivity contribution in [2.75, 3.05) is 0 Å². The van der Waals surface area contributed by atoms with Gasteiger partial charge < -0.3 is 9.84 Å². The number of benzene rings is 1. The van der Waals surface area contributed by atoms with Crippen LogP contribution in [-0.2, 0) is 0 Å². The van der Waals surface area contributed by atoms with E-state index < -0.39 is 11.2 Å².